The van der Waals surface area contributed by atoms with Gasteiger partial charge in [0.05, 0.1) is 25.0 Å². The zero-order chi connectivity index (χ0) is 19.8. The zero-order valence-corrected chi connectivity index (χ0v) is 22.2. The summed E-state index contributed by atoms with van der Waals surface area (Å²) in [6.07, 6.45) is 0. The Balaban J connectivity index is 0.00000210. The van der Waals surface area contributed by atoms with Crippen LogP contribution in [0.5, 0.6) is 5.75 Å². The molecule has 144 valence electrons. The predicted molar refractivity (Wildman–Crippen MR) is 95.8 cm³/mol. The Hall–Kier alpha value is -0.250. The van der Waals surface area contributed by atoms with Gasteiger partial charge in [-0.15, -0.1) is 11.3 Å². The van der Waals surface area contributed by atoms with Gasteiger partial charge in [-0.05, 0) is 43.3 Å². The number of thiazole rings is 1. The quantitative estimate of drug-likeness (QED) is 0.214. The van der Waals surface area contributed by atoms with Crippen LogP contribution in [0.3, 0.4) is 0 Å². The molecule has 0 aliphatic heterocycles. The minimum Gasteiger partial charge on any atom is -0.744 e. The number of fused-ring (bicyclic) bond motifs is 1. The van der Waals surface area contributed by atoms with Gasteiger partial charge in [-0.3, -0.25) is 0 Å². The molecule has 2 aromatic carbocycles. The maximum Gasteiger partial charge on any atom is 1.00 e. The fourth-order valence-electron chi connectivity index (χ4n) is 2.27. The fraction of sp³-hybridized carbons (Fsp3) is 0.133. The number of nitrogens with zero attached hydrogens (tertiary/aromatic N) is 1. The van der Waals surface area contributed by atoms with Gasteiger partial charge >= 0.3 is 59.1 Å². The normalized spacial score (nSPS) is 11.4. The Labute approximate surface area is 216 Å². The molecule has 29 heavy (non-hydrogen) atoms. The van der Waals surface area contributed by atoms with Gasteiger partial charge in [0.1, 0.15) is 26.0 Å². The van der Waals surface area contributed by atoms with Crippen LogP contribution in [0.2, 0.25) is 0 Å². The molecule has 0 radical (unpaired) electrons. The summed E-state index contributed by atoms with van der Waals surface area (Å²) in [6, 6.07) is 7.63. The second kappa shape index (κ2) is 10.4. The molecule has 0 aliphatic carbocycles. The van der Waals surface area contributed by atoms with Crippen molar-refractivity contribution in [3.8, 4) is 5.75 Å². The average molecular weight is 474 g/mol. The summed E-state index contributed by atoms with van der Waals surface area (Å²) in [5.74, 6) is -0.247. The van der Waals surface area contributed by atoms with Gasteiger partial charge in [0, 0.05) is 5.69 Å². The van der Waals surface area contributed by atoms with E-state index >= 15 is 0 Å². The van der Waals surface area contributed by atoms with Crippen molar-refractivity contribution in [3.63, 3.8) is 0 Å². The van der Waals surface area contributed by atoms with Gasteiger partial charge in [-0.2, -0.15) is 0 Å². The van der Waals surface area contributed by atoms with E-state index in [2.05, 4.69) is 10.3 Å². The fourth-order valence-corrected chi connectivity index (χ4v) is 4.27. The third-order valence-electron chi connectivity index (χ3n) is 3.44. The van der Waals surface area contributed by atoms with E-state index in [1.807, 2.05) is 19.1 Å². The monoisotopic (exact) mass is 474 g/mol. The van der Waals surface area contributed by atoms with E-state index in [9.17, 15) is 25.9 Å². The van der Waals surface area contributed by atoms with E-state index in [-0.39, 0.29) is 71.6 Å². The number of rotatable bonds is 6. The molecular weight excluding hydrogens is 462 g/mol. The molecule has 14 heteroatoms. The van der Waals surface area contributed by atoms with Crippen molar-refractivity contribution in [2.24, 2.45) is 0 Å². The summed E-state index contributed by atoms with van der Waals surface area (Å²) in [6.45, 7) is 1.73. The number of ether oxygens (including phenoxy) is 1. The van der Waals surface area contributed by atoms with Crippen molar-refractivity contribution in [2.45, 2.75) is 16.7 Å². The summed E-state index contributed by atoms with van der Waals surface area (Å²) in [5.41, 5.74) is 1.54. The van der Waals surface area contributed by atoms with Gasteiger partial charge in [-0.25, -0.2) is 21.8 Å². The largest absolute Gasteiger partial charge is 1.00 e. The van der Waals surface area contributed by atoms with E-state index in [1.54, 1.807) is 6.07 Å². The van der Waals surface area contributed by atoms with Gasteiger partial charge in [0.15, 0.2) is 6.73 Å². The molecule has 1 N–H and O–H groups in total. The van der Waals surface area contributed by atoms with Gasteiger partial charge in [-0.1, -0.05) is 0 Å². The summed E-state index contributed by atoms with van der Waals surface area (Å²) in [5, 5.41) is 3.83. The summed E-state index contributed by atoms with van der Waals surface area (Å²) < 4.78 is 73.2. The number of aryl methyl sites for hydroxylation is 1. The van der Waals surface area contributed by atoms with Crippen LogP contribution >= 0.6 is 11.3 Å². The average Bonchev–Trinajstić information content (AvgIpc) is 2.92. The van der Waals surface area contributed by atoms with E-state index in [1.165, 1.54) is 11.3 Å². The minimum atomic E-state index is -4.97. The Kier molecular flexibility index (Phi) is 9.58. The van der Waals surface area contributed by atoms with Crippen molar-refractivity contribution in [2.75, 3.05) is 12.0 Å². The van der Waals surface area contributed by atoms with Crippen molar-refractivity contribution < 1.29 is 89.8 Å². The molecular formula is C15H12N2Na2O7S3. The van der Waals surface area contributed by atoms with Crippen molar-refractivity contribution in [3.05, 3.63) is 41.4 Å². The second-order valence-corrected chi connectivity index (χ2v) is 9.42. The molecule has 0 fully saturated rings. The Morgan fingerprint density at radius 3 is 2.14 bits per heavy atom. The molecule has 0 bridgehead atoms. The van der Waals surface area contributed by atoms with Crippen LogP contribution < -0.4 is 69.2 Å². The molecule has 3 aromatic rings. The third-order valence-corrected chi connectivity index (χ3v) is 6.00. The molecule has 0 amide bonds. The van der Waals surface area contributed by atoms with E-state index < -0.39 is 30.0 Å². The Morgan fingerprint density at radius 2 is 1.59 bits per heavy atom. The van der Waals surface area contributed by atoms with Crippen molar-refractivity contribution in [1.29, 1.82) is 0 Å². The van der Waals surface area contributed by atoms with Crippen LogP contribution in [0, 0.1) is 6.92 Å². The SMILES string of the molecule is Cc1nc2ccc(NCOc3cc(S(=O)(=O)[O-])cc(S(=O)(=O)[O-])c3)cc2s1.[Na+].[Na+]. The topological polar surface area (TPSA) is 149 Å². The number of anilines is 1. The van der Waals surface area contributed by atoms with E-state index in [0.29, 0.717) is 11.8 Å². The van der Waals surface area contributed by atoms with Crippen molar-refractivity contribution >= 4 is 47.5 Å². The smallest absolute Gasteiger partial charge is 0.744 e. The standard InChI is InChI=1S/C15H14N2O7S3.2Na/c1-9-17-14-3-2-10(4-15(14)25-9)16-8-24-11-5-12(26(18,19)20)7-13(6-11)27(21,22)23;;/h2-7,16H,8H2,1H3,(H,18,19,20)(H,21,22,23);;/q;2*+1/p-2. The van der Waals surface area contributed by atoms with Crippen molar-refractivity contribution in [1.82, 2.24) is 4.98 Å². The molecule has 1 aromatic heterocycles. The molecule has 0 atom stereocenters. The van der Waals surface area contributed by atoms with Gasteiger partial charge in [0.25, 0.3) is 0 Å². The number of hydrogen-bond acceptors (Lipinski definition) is 10. The zero-order valence-electron chi connectivity index (χ0n) is 15.7. The molecule has 0 saturated heterocycles. The molecule has 1 heterocycles. The summed E-state index contributed by atoms with van der Waals surface area (Å²) in [4.78, 5) is 2.60. The molecule has 0 saturated carbocycles. The van der Waals surface area contributed by atoms with Crippen LogP contribution in [-0.2, 0) is 20.2 Å². The van der Waals surface area contributed by atoms with Crippen LogP contribution in [0.4, 0.5) is 5.69 Å². The first-order valence-electron chi connectivity index (χ1n) is 7.33. The van der Waals surface area contributed by atoms with Gasteiger partial charge in [0.2, 0.25) is 0 Å². The molecule has 3 rings (SSSR count). The number of nitrogens with one attached hydrogen (secondary N) is 1. The second-order valence-electron chi connectivity index (χ2n) is 5.43. The Bertz CT molecular complexity index is 1180. The Morgan fingerprint density at radius 1 is 1.00 bits per heavy atom. The van der Waals surface area contributed by atoms with Crippen LogP contribution in [-0.4, -0.2) is 37.7 Å². The maximum atomic E-state index is 11.2. The predicted octanol–water partition coefficient (Wildman–Crippen LogP) is -4.13. The molecule has 0 spiro atoms. The number of benzene rings is 2. The molecule has 0 aliphatic rings. The van der Waals surface area contributed by atoms with Gasteiger partial charge < -0.3 is 19.2 Å². The first-order chi connectivity index (χ1) is 12.5. The van der Waals surface area contributed by atoms with E-state index in [4.69, 9.17) is 4.74 Å². The third kappa shape index (κ3) is 7.14. The van der Waals surface area contributed by atoms with E-state index in [0.717, 1.165) is 27.4 Å². The molecule has 9 nitrogen and oxygen atoms in total. The van der Waals surface area contributed by atoms with Crippen LogP contribution in [0.1, 0.15) is 5.01 Å². The summed E-state index contributed by atoms with van der Waals surface area (Å²) >= 11 is 1.51. The number of aromatic nitrogens is 1. The van der Waals surface area contributed by atoms with Crippen LogP contribution in [0.15, 0.2) is 46.2 Å². The first kappa shape index (κ1) is 26.8. The molecule has 0 unspecified atom stereocenters. The first-order valence-corrected chi connectivity index (χ1v) is 11.0. The summed E-state index contributed by atoms with van der Waals surface area (Å²) in [7, 11) is -9.93. The van der Waals surface area contributed by atoms with Crippen LogP contribution in [0.25, 0.3) is 10.2 Å². The number of hydrogen-bond donors (Lipinski definition) is 1. The maximum absolute atomic E-state index is 11.2. The minimum absolute atomic E-state index is 0.